The number of para-hydroxylation sites is 2. The Balaban J connectivity index is 1.09. The van der Waals surface area contributed by atoms with Crippen molar-refractivity contribution in [2.75, 3.05) is 15.1 Å². The lowest BCUT2D eigenvalue weighted by Crippen LogP contribution is -2.61. The quantitative estimate of drug-likeness (QED) is 0.103. The van der Waals surface area contributed by atoms with Crippen molar-refractivity contribution in [2.24, 2.45) is 0 Å². The molecule has 4 nitrogen and oxygen atoms in total. The largest absolute Gasteiger partial charge is 0.356 e. The molecule has 12 aromatic carbocycles. The molecule has 2 aliphatic rings. The Morgan fingerprint density at radius 1 is 0.372 bits per heavy atom. The Hall–Kier alpha value is -10.6. The van der Waals surface area contributed by atoms with Gasteiger partial charge in [-0.2, -0.15) is 0 Å². The number of allylic oxidation sites excluding steroid dienone is 2. The summed E-state index contributed by atoms with van der Waals surface area (Å²) in [5.41, 5.74) is 30.9. The second-order valence-corrected chi connectivity index (χ2v) is 28.7. The first-order chi connectivity index (χ1) is 45.4. The second-order valence-electron chi connectivity index (χ2n) is 28.7. The number of nitrogens with one attached hydrogen (secondary N) is 1. The Kier molecular flexibility index (Phi) is 14.7. The van der Waals surface area contributed by atoms with Crippen LogP contribution in [0.1, 0.15) is 85.9 Å². The molecule has 2 aliphatic heterocycles. The van der Waals surface area contributed by atoms with E-state index in [1.807, 2.05) is 19.1 Å². The highest BCUT2D eigenvalue weighted by Gasteiger charge is 2.46. The van der Waals surface area contributed by atoms with Crippen molar-refractivity contribution in [3.8, 4) is 61.3 Å². The molecule has 0 unspecified atom stereocenters. The maximum Gasteiger partial charge on any atom is 0.252 e. The Morgan fingerprint density at radius 2 is 0.777 bits per heavy atom. The van der Waals surface area contributed by atoms with Gasteiger partial charge < -0.3 is 19.7 Å². The highest BCUT2D eigenvalue weighted by atomic mass is 15.2. The molecular weight excluding hydrogens is 1140 g/mol. The molecule has 0 aliphatic carbocycles. The zero-order chi connectivity index (χ0) is 64.8. The lowest BCUT2D eigenvalue weighted by molar-refractivity contribution is 0.590. The SMILES string of the molecule is C=C(/C=C\C)Nc1ccc(-c2ccc3c(c2)N(c2c(-c4ccccc4)cccc2-c2ccccc2)c2cc(C(C)(C)C)cc4c2B3c2ccc(-n3c5ccc(C(C)(C)C)cc5c5cc(C(C)(C)C)ccc53)cc2N4c2c(-c3ccccc3)cccc2-c2ccccc2)cc1. The summed E-state index contributed by atoms with van der Waals surface area (Å²) in [7, 11) is 0. The third kappa shape index (κ3) is 10.4. The monoisotopic (exact) mass is 1210 g/mol. The zero-order valence-electron chi connectivity index (χ0n) is 55.7. The van der Waals surface area contributed by atoms with Crippen LogP contribution in [-0.2, 0) is 16.2 Å². The van der Waals surface area contributed by atoms with Crippen molar-refractivity contribution < 1.29 is 0 Å². The van der Waals surface area contributed by atoms with Crippen LogP contribution in [0.4, 0.5) is 39.8 Å². The van der Waals surface area contributed by atoms with E-state index in [0.717, 1.165) is 107 Å². The summed E-state index contributed by atoms with van der Waals surface area (Å²) in [6.45, 7) is 27.2. The van der Waals surface area contributed by atoms with Gasteiger partial charge in [-0.25, -0.2) is 0 Å². The number of anilines is 7. The van der Waals surface area contributed by atoms with Gasteiger partial charge in [0.2, 0.25) is 0 Å². The summed E-state index contributed by atoms with van der Waals surface area (Å²) in [5.74, 6) is 0. The number of hydrogen-bond acceptors (Lipinski definition) is 3. The summed E-state index contributed by atoms with van der Waals surface area (Å²) in [6.07, 6.45) is 4.01. The van der Waals surface area contributed by atoms with Crippen LogP contribution in [0.5, 0.6) is 0 Å². The average molecular weight is 1220 g/mol. The molecular formula is C89H79BN4. The van der Waals surface area contributed by atoms with E-state index in [1.165, 1.54) is 54.9 Å². The summed E-state index contributed by atoms with van der Waals surface area (Å²) in [4.78, 5) is 5.36. The van der Waals surface area contributed by atoms with Crippen LogP contribution in [-0.4, -0.2) is 11.3 Å². The highest BCUT2D eigenvalue weighted by molar-refractivity contribution is 7.00. The number of rotatable bonds is 11. The van der Waals surface area contributed by atoms with Crippen molar-refractivity contribution in [3.05, 3.63) is 308 Å². The molecule has 0 radical (unpaired) electrons. The molecule has 0 fully saturated rings. The molecule has 0 atom stereocenters. The van der Waals surface area contributed by atoms with E-state index in [2.05, 4.69) is 355 Å². The van der Waals surface area contributed by atoms with Crippen LogP contribution in [0.25, 0.3) is 83.1 Å². The number of hydrogen-bond donors (Lipinski definition) is 1. The van der Waals surface area contributed by atoms with Crippen LogP contribution in [0.2, 0.25) is 0 Å². The third-order valence-electron chi connectivity index (χ3n) is 19.4. The number of fused-ring (bicyclic) bond motifs is 7. The Morgan fingerprint density at radius 3 is 1.19 bits per heavy atom. The van der Waals surface area contributed by atoms with Gasteiger partial charge in [0.15, 0.2) is 0 Å². The van der Waals surface area contributed by atoms with E-state index >= 15 is 0 Å². The average Bonchev–Trinajstić information content (AvgIpc) is 0.752. The molecule has 13 aromatic rings. The summed E-state index contributed by atoms with van der Waals surface area (Å²) >= 11 is 0. The van der Waals surface area contributed by atoms with Crippen molar-refractivity contribution in [1.29, 1.82) is 0 Å². The minimum absolute atomic E-state index is 0.0410. The molecule has 0 bridgehead atoms. The molecule has 0 spiro atoms. The predicted molar refractivity (Wildman–Crippen MR) is 406 cm³/mol. The molecule has 1 aromatic heterocycles. The van der Waals surface area contributed by atoms with Crippen molar-refractivity contribution in [3.63, 3.8) is 0 Å². The maximum absolute atomic E-state index is 4.26. The molecule has 458 valence electrons. The first-order valence-electron chi connectivity index (χ1n) is 33.2. The number of aromatic nitrogens is 1. The summed E-state index contributed by atoms with van der Waals surface area (Å²) < 4.78 is 2.54. The van der Waals surface area contributed by atoms with Gasteiger partial charge in [-0.1, -0.05) is 275 Å². The topological polar surface area (TPSA) is 23.4 Å². The third-order valence-corrected chi connectivity index (χ3v) is 19.4. The minimum Gasteiger partial charge on any atom is -0.356 e. The molecule has 94 heavy (non-hydrogen) atoms. The first kappa shape index (κ1) is 59.7. The lowest BCUT2D eigenvalue weighted by Gasteiger charge is -2.46. The van der Waals surface area contributed by atoms with Crippen molar-refractivity contribution in [1.82, 2.24) is 4.57 Å². The van der Waals surface area contributed by atoms with Gasteiger partial charge >= 0.3 is 0 Å². The summed E-state index contributed by atoms with van der Waals surface area (Å²) in [5, 5.41) is 6.03. The fourth-order valence-corrected chi connectivity index (χ4v) is 14.6. The van der Waals surface area contributed by atoms with Gasteiger partial charge in [0.25, 0.3) is 6.71 Å². The van der Waals surface area contributed by atoms with Crippen LogP contribution in [0.3, 0.4) is 0 Å². The van der Waals surface area contributed by atoms with Crippen molar-refractivity contribution in [2.45, 2.75) is 85.5 Å². The van der Waals surface area contributed by atoms with E-state index in [0.29, 0.717) is 0 Å². The molecule has 0 saturated heterocycles. The first-order valence-corrected chi connectivity index (χ1v) is 33.2. The fourth-order valence-electron chi connectivity index (χ4n) is 14.6. The van der Waals surface area contributed by atoms with Crippen LogP contribution < -0.4 is 31.5 Å². The molecule has 3 heterocycles. The second kappa shape index (κ2) is 23.2. The minimum atomic E-state index is -0.292. The van der Waals surface area contributed by atoms with E-state index < -0.39 is 0 Å². The highest BCUT2D eigenvalue weighted by Crippen LogP contribution is 2.54. The lowest BCUT2D eigenvalue weighted by atomic mass is 9.33. The van der Waals surface area contributed by atoms with Crippen LogP contribution in [0, 0.1) is 0 Å². The van der Waals surface area contributed by atoms with Crippen LogP contribution >= 0.6 is 0 Å². The Bertz CT molecular complexity index is 4930. The number of nitrogens with zero attached hydrogens (tertiary/aromatic N) is 3. The normalized spacial score (nSPS) is 12.9. The standard InChI is InChI=1S/C89H79BN4/c1-12-27-58(2)91-68-45-40-59(41-46-68)64-42-48-76-80(52-64)93(85-70(60-28-17-13-18-29-60)36-25-37-71(85)61-30-19-14-20-31-61)82-55-67(89(9,10)11)56-83-84(82)90(76)77-49-47-69(92-78-50-43-65(87(3,4)5)53-74(78)75-54-66(88(6,7)8)44-51-79(75)92)57-81(77)94(83)86-72(62-32-21-15-22-33-62)38-26-39-73(86)63-34-23-16-24-35-63/h12-57,91H,2H2,1,3-11H3/b27-12-. The smallest absolute Gasteiger partial charge is 0.252 e. The Labute approximate surface area is 555 Å². The molecule has 5 heteroatoms. The molecule has 0 amide bonds. The van der Waals surface area contributed by atoms with Crippen LogP contribution in [0.15, 0.2) is 291 Å². The van der Waals surface area contributed by atoms with E-state index in [-0.39, 0.29) is 23.0 Å². The van der Waals surface area contributed by atoms with Gasteiger partial charge in [-0.05, 0) is 162 Å². The van der Waals surface area contributed by atoms with Gasteiger partial charge in [0, 0.05) is 72.8 Å². The molecule has 1 N–H and O–H groups in total. The van der Waals surface area contributed by atoms with Gasteiger partial charge in [0.1, 0.15) is 0 Å². The fraction of sp³-hybridized carbons (Fsp3) is 0.146. The number of benzene rings is 12. The van der Waals surface area contributed by atoms with Gasteiger partial charge in [-0.15, -0.1) is 0 Å². The van der Waals surface area contributed by atoms with E-state index in [1.54, 1.807) is 0 Å². The van der Waals surface area contributed by atoms with Crippen molar-refractivity contribution >= 4 is 84.7 Å². The molecule has 15 rings (SSSR count). The van der Waals surface area contributed by atoms with Gasteiger partial charge in [-0.3, -0.25) is 0 Å². The predicted octanol–water partition coefficient (Wildman–Crippen LogP) is 22.6. The maximum atomic E-state index is 4.26. The van der Waals surface area contributed by atoms with E-state index in [4.69, 9.17) is 0 Å². The summed E-state index contributed by atoms with van der Waals surface area (Å²) in [6, 6.07) is 101. The molecule has 0 saturated carbocycles. The zero-order valence-corrected chi connectivity index (χ0v) is 55.7. The van der Waals surface area contributed by atoms with E-state index in [9.17, 15) is 0 Å². The van der Waals surface area contributed by atoms with Gasteiger partial charge in [0.05, 0.1) is 22.4 Å².